The molecule has 3 nitrogen and oxygen atoms in total. The van der Waals surface area contributed by atoms with Crippen LogP contribution in [-0.4, -0.2) is 23.9 Å². The molecule has 186 valence electrons. The highest BCUT2D eigenvalue weighted by Crippen LogP contribution is 2.47. The van der Waals surface area contributed by atoms with E-state index in [2.05, 4.69) is 4.74 Å². The highest BCUT2D eigenvalue weighted by molar-refractivity contribution is 5.80. The number of benzene rings is 2. The first-order valence-electron chi connectivity index (χ1n) is 9.91. The van der Waals surface area contributed by atoms with Gasteiger partial charge in [0.1, 0.15) is 5.75 Å². The standard InChI is InChI=1S/C22H17F9O3/c23-20(24,25)10-34-17-9-13(15(19(32)33)7-11-1-2-11)8-16(22(29,30)31)18(17)12-3-5-14(6-4-12)21(26,27)28/h3-6,8-9,11,15H,1-2,7,10H2,(H,32,33). The summed E-state index contributed by atoms with van der Waals surface area (Å²) in [6.45, 7) is -1.98. The maximum Gasteiger partial charge on any atom is 0.422 e. The van der Waals surface area contributed by atoms with Gasteiger partial charge in [0.15, 0.2) is 6.61 Å². The Labute approximate surface area is 187 Å². The molecule has 0 aliphatic heterocycles. The summed E-state index contributed by atoms with van der Waals surface area (Å²) in [5.74, 6) is -3.85. The Balaban J connectivity index is 2.21. The number of aliphatic carboxylic acids is 1. The molecule has 1 aliphatic rings. The van der Waals surface area contributed by atoms with Crippen LogP contribution in [0.25, 0.3) is 11.1 Å². The first-order chi connectivity index (χ1) is 15.6. The molecule has 2 aromatic carbocycles. The lowest BCUT2D eigenvalue weighted by Crippen LogP contribution is -2.21. The number of halogens is 9. The van der Waals surface area contributed by atoms with Gasteiger partial charge in [-0.3, -0.25) is 4.79 Å². The summed E-state index contributed by atoms with van der Waals surface area (Å²) in [4.78, 5) is 11.7. The molecule has 34 heavy (non-hydrogen) atoms. The van der Waals surface area contributed by atoms with E-state index in [4.69, 9.17) is 0 Å². The van der Waals surface area contributed by atoms with Gasteiger partial charge in [-0.25, -0.2) is 0 Å². The Hall–Kier alpha value is -2.92. The molecule has 1 aliphatic carbocycles. The van der Waals surface area contributed by atoms with E-state index in [1.807, 2.05) is 0 Å². The Morgan fingerprint density at radius 2 is 1.53 bits per heavy atom. The van der Waals surface area contributed by atoms with Crippen molar-refractivity contribution in [1.29, 1.82) is 0 Å². The van der Waals surface area contributed by atoms with E-state index >= 15 is 0 Å². The zero-order valence-electron chi connectivity index (χ0n) is 17.1. The van der Waals surface area contributed by atoms with Gasteiger partial charge in [-0.15, -0.1) is 0 Å². The molecular weight excluding hydrogens is 483 g/mol. The van der Waals surface area contributed by atoms with Crippen molar-refractivity contribution in [3.05, 3.63) is 53.1 Å². The Morgan fingerprint density at radius 3 is 1.97 bits per heavy atom. The summed E-state index contributed by atoms with van der Waals surface area (Å²) in [6.07, 6.45) is -13.6. The minimum Gasteiger partial charge on any atom is -0.483 e. The molecule has 1 fully saturated rings. The summed E-state index contributed by atoms with van der Waals surface area (Å²) < 4.78 is 124. The molecule has 2 aromatic rings. The number of ether oxygens (including phenoxy) is 1. The molecule has 0 radical (unpaired) electrons. The number of carbonyl (C=O) groups is 1. The minimum absolute atomic E-state index is 0.00896. The highest BCUT2D eigenvalue weighted by atomic mass is 19.4. The molecule has 0 saturated heterocycles. The monoisotopic (exact) mass is 500 g/mol. The second-order valence-electron chi connectivity index (χ2n) is 7.99. The molecular formula is C22H17F9O3. The number of rotatable bonds is 7. The van der Waals surface area contributed by atoms with E-state index in [0.717, 1.165) is 6.07 Å². The molecule has 12 heteroatoms. The van der Waals surface area contributed by atoms with Crippen LogP contribution in [0, 0.1) is 5.92 Å². The van der Waals surface area contributed by atoms with Crippen LogP contribution in [0.2, 0.25) is 0 Å². The van der Waals surface area contributed by atoms with Gasteiger partial charge in [0.05, 0.1) is 17.0 Å². The minimum atomic E-state index is -5.17. The zero-order chi connectivity index (χ0) is 25.5. The molecule has 0 aromatic heterocycles. The molecule has 0 bridgehead atoms. The van der Waals surface area contributed by atoms with Crippen LogP contribution in [0.3, 0.4) is 0 Å². The average molecular weight is 500 g/mol. The maximum absolute atomic E-state index is 14.0. The van der Waals surface area contributed by atoms with Crippen molar-refractivity contribution in [2.75, 3.05) is 6.61 Å². The van der Waals surface area contributed by atoms with Crippen LogP contribution < -0.4 is 4.74 Å². The highest BCUT2D eigenvalue weighted by Gasteiger charge is 2.39. The van der Waals surface area contributed by atoms with Gasteiger partial charge in [-0.05, 0) is 47.7 Å². The topological polar surface area (TPSA) is 46.5 Å². The Bertz CT molecular complexity index is 1030. The van der Waals surface area contributed by atoms with Crippen molar-refractivity contribution in [2.24, 2.45) is 5.92 Å². The quantitative estimate of drug-likeness (QED) is 0.406. The van der Waals surface area contributed by atoms with Crippen molar-refractivity contribution < 1.29 is 54.2 Å². The first-order valence-corrected chi connectivity index (χ1v) is 9.91. The van der Waals surface area contributed by atoms with E-state index in [1.165, 1.54) is 0 Å². The fourth-order valence-electron chi connectivity index (χ4n) is 3.52. The second kappa shape index (κ2) is 9.03. The third kappa shape index (κ3) is 6.35. The summed E-state index contributed by atoms with van der Waals surface area (Å²) in [6, 6.07) is 3.65. The van der Waals surface area contributed by atoms with Gasteiger partial charge in [0, 0.05) is 5.56 Å². The van der Waals surface area contributed by atoms with Crippen LogP contribution in [0.5, 0.6) is 5.75 Å². The van der Waals surface area contributed by atoms with Crippen LogP contribution >= 0.6 is 0 Å². The van der Waals surface area contributed by atoms with Crippen molar-refractivity contribution in [3.8, 4) is 16.9 Å². The summed E-state index contributed by atoms with van der Waals surface area (Å²) in [7, 11) is 0. The van der Waals surface area contributed by atoms with E-state index in [9.17, 15) is 49.4 Å². The smallest absolute Gasteiger partial charge is 0.422 e. The first kappa shape index (κ1) is 25.7. The van der Waals surface area contributed by atoms with Crippen molar-refractivity contribution >= 4 is 5.97 Å². The SMILES string of the molecule is O=C(O)C(CC1CC1)c1cc(OCC(F)(F)F)c(-c2ccc(C(F)(F)F)cc2)c(C(F)(F)F)c1. The second-order valence-corrected chi connectivity index (χ2v) is 7.99. The van der Waals surface area contributed by atoms with E-state index in [0.29, 0.717) is 43.2 Å². The van der Waals surface area contributed by atoms with Crippen molar-refractivity contribution in [3.63, 3.8) is 0 Å². The third-order valence-corrected chi connectivity index (χ3v) is 5.29. The lowest BCUT2D eigenvalue weighted by molar-refractivity contribution is -0.153. The molecule has 1 saturated carbocycles. The van der Waals surface area contributed by atoms with Crippen molar-refractivity contribution in [2.45, 2.75) is 43.7 Å². The maximum atomic E-state index is 14.0. The molecule has 0 spiro atoms. The lowest BCUT2D eigenvalue weighted by atomic mass is 9.88. The molecule has 1 atom stereocenters. The Kier molecular flexibility index (Phi) is 6.82. The van der Waals surface area contributed by atoms with Crippen LogP contribution in [-0.2, 0) is 17.1 Å². The molecule has 1 unspecified atom stereocenters. The molecule has 1 N–H and O–H groups in total. The van der Waals surface area contributed by atoms with Crippen LogP contribution in [0.15, 0.2) is 36.4 Å². The van der Waals surface area contributed by atoms with E-state index in [-0.39, 0.29) is 12.3 Å². The molecule has 3 rings (SSSR count). The van der Waals surface area contributed by atoms with Crippen molar-refractivity contribution in [1.82, 2.24) is 0 Å². The van der Waals surface area contributed by atoms with Crippen LogP contribution in [0.4, 0.5) is 39.5 Å². The average Bonchev–Trinajstić information content (AvgIpc) is 3.52. The van der Waals surface area contributed by atoms with Gasteiger partial charge < -0.3 is 9.84 Å². The number of carboxylic acid groups (broad SMARTS) is 1. The van der Waals surface area contributed by atoms with Crippen LogP contribution in [0.1, 0.15) is 41.9 Å². The van der Waals surface area contributed by atoms with Gasteiger partial charge in [-0.2, -0.15) is 39.5 Å². The van der Waals surface area contributed by atoms with Gasteiger partial charge in [0.2, 0.25) is 0 Å². The van der Waals surface area contributed by atoms with Gasteiger partial charge in [0.25, 0.3) is 0 Å². The zero-order valence-corrected chi connectivity index (χ0v) is 17.1. The largest absolute Gasteiger partial charge is 0.483 e. The number of carboxylic acids is 1. The van der Waals surface area contributed by atoms with E-state index in [1.54, 1.807) is 0 Å². The number of alkyl halides is 9. The lowest BCUT2D eigenvalue weighted by Gasteiger charge is -2.22. The van der Waals surface area contributed by atoms with E-state index < -0.39 is 70.6 Å². The van der Waals surface area contributed by atoms with Gasteiger partial charge >= 0.3 is 24.5 Å². The summed E-state index contributed by atoms with van der Waals surface area (Å²) >= 11 is 0. The number of hydrogen-bond acceptors (Lipinski definition) is 2. The summed E-state index contributed by atoms with van der Waals surface area (Å²) in [5.41, 5.74) is -4.47. The summed E-state index contributed by atoms with van der Waals surface area (Å²) in [5, 5.41) is 9.53. The Morgan fingerprint density at radius 1 is 0.941 bits per heavy atom. The predicted octanol–water partition coefficient (Wildman–Crippen LogP) is 7.30. The normalized spacial score (nSPS) is 15.8. The predicted molar refractivity (Wildman–Crippen MR) is 101 cm³/mol. The van der Waals surface area contributed by atoms with Gasteiger partial charge in [-0.1, -0.05) is 25.0 Å². The fourth-order valence-corrected chi connectivity index (χ4v) is 3.52. The molecule has 0 amide bonds. The number of hydrogen-bond donors (Lipinski definition) is 1. The fraction of sp³-hybridized carbons (Fsp3) is 0.409. The third-order valence-electron chi connectivity index (χ3n) is 5.29. The molecule has 0 heterocycles.